The average Bonchev–Trinajstić information content (AvgIpc) is 3.35. The van der Waals surface area contributed by atoms with E-state index >= 15 is 0 Å². The monoisotopic (exact) mass is 544 g/mol. The van der Waals surface area contributed by atoms with Gasteiger partial charge in [-0.05, 0) is 48.7 Å². The number of likely N-dealkylation sites (tertiary alicyclic amines) is 1. The fourth-order valence-electron chi connectivity index (χ4n) is 4.56. The second-order valence-corrected chi connectivity index (χ2v) is 12.1. The first-order valence-corrected chi connectivity index (χ1v) is 14.2. The maximum Gasteiger partial charge on any atom is 0.253 e. The van der Waals surface area contributed by atoms with Gasteiger partial charge in [0.15, 0.2) is 9.84 Å². The fraction of sp³-hybridized carbons (Fsp3) is 0.231. The minimum Gasteiger partial charge on any atom is -0.385 e. The molecule has 5 rings (SSSR count). The lowest BCUT2D eigenvalue weighted by Gasteiger charge is -2.39. The van der Waals surface area contributed by atoms with Crippen LogP contribution in [0.1, 0.15) is 34.3 Å². The highest BCUT2D eigenvalue weighted by Crippen LogP contribution is 2.37. The number of piperidine rings is 1. The smallest absolute Gasteiger partial charge is 0.253 e. The van der Waals surface area contributed by atoms with Gasteiger partial charge in [-0.1, -0.05) is 41.9 Å². The van der Waals surface area contributed by atoms with Gasteiger partial charge in [-0.2, -0.15) is 0 Å². The normalized spacial score (nSPS) is 15.8. The minimum absolute atomic E-state index is 0.0142. The Kier molecular flexibility index (Phi) is 6.59. The lowest BCUT2D eigenvalue weighted by atomic mass is 9.84. The van der Waals surface area contributed by atoms with E-state index in [9.17, 15) is 22.7 Å². The molecular formula is C26H22ClFN2O4S2. The topological polar surface area (TPSA) is 87.6 Å². The highest BCUT2D eigenvalue weighted by molar-refractivity contribution is 7.90. The van der Waals surface area contributed by atoms with Crippen molar-refractivity contribution in [3.8, 4) is 0 Å². The molecule has 186 valence electrons. The van der Waals surface area contributed by atoms with Crippen LogP contribution in [0.5, 0.6) is 0 Å². The number of rotatable bonds is 5. The predicted molar refractivity (Wildman–Crippen MR) is 137 cm³/mol. The number of fused-ring (bicyclic) bond motifs is 1. The number of hydrogen-bond acceptors (Lipinski definition) is 6. The van der Waals surface area contributed by atoms with Crippen molar-refractivity contribution in [3.05, 3.63) is 93.7 Å². The van der Waals surface area contributed by atoms with Gasteiger partial charge in [0.25, 0.3) is 5.91 Å². The summed E-state index contributed by atoms with van der Waals surface area (Å²) in [6, 6.07) is 16.0. The van der Waals surface area contributed by atoms with Crippen molar-refractivity contribution in [2.24, 2.45) is 0 Å². The third-order valence-corrected chi connectivity index (χ3v) is 9.42. The van der Waals surface area contributed by atoms with Gasteiger partial charge in [0.2, 0.25) is 0 Å². The lowest BCUT2D eigenvalue weighted by molar-refractivity contribution is -0.0210. The molecule has 0 unspecified atom stereocenters. The number of benzene rings is 3. The van der Waals surface area contributed by atoms with E-state index in [0.717, 1.165) is 17.4 Å². The highest BCUT2D eigenvalue weighted by Gasteiger charge is 2.37. The summed E-state index contributed by atoms with van der Waals surface area (Å²) >= 11 is 7.32. The van der Waals surface area contributed by atoms with E-state index in [-0.39, 0.29) is 26.8 Å². The molecule has 0 spiro atoms. The second kappa shape index (κ2) is 9.55. The van der Waals surface area contributed by atoms with Crippen LogP contribution in [0.3, 0.4) is 0 Å². The Hall–Kier alpha value is -2.85. The van der Waals surface area contributed by atoms with Gasteiger partial charge in [-0.15, -0.1) is 11.3 Å². The maximum absolute atomic E-state index is 14.0. The molecule has 0 aliphatic carbocycles. The maximum atomic E-state index is 14.0. The number of nitrogens with zero attached hydrogens (tertiary/aromatic N) is 2. The summed E-state index contributed by atoms with van der Waals surface area (Å²) in [5.74, 6) is -0.987. The van der Waals surface area contributed by atoms with Gasteiger partial charge in [0.05, 0.1) is 26.5 Å². The first kappa shape index (κ1) is 24.8. The Bertz CT molecular complexity index is 1550. The van der Waals surface area contributed by atoms with Crippen LogP contribution in [-0.2, 0) is 21.2 Å². The molecule has 0 bridgehead atoms. The highest BCUT2D eigenvalue weighted by atomic mass is 35.5. The number of carbonyl (C=O) groups excluding carboxylic acids is 1. The van der Waals surface area contributed by atoms with E-state index in [1.807, 2.05) is 12.1 Å². The zero-order chi connectivity index (χ0) is 25.5. The van der Waals surface area contributed by atoms with Crippen molar-refractivity contribution in [2.45, 2.75) is 29.1 Å². The standard InChI is InChI=1S/C26H22ClFN2O4S2/c27-20-4-2-1-3-19(20)26(32)11-13-30(14-12-26)25(31)18-7-5-17(6-8-18)15-36(33,34)22-10-9-21(28)24-23(22)29-16-35-24/h1-10,16,32H,11-15H2. The molecule has 1 aromatic heterocycles. The van der Waals surface area contributed by atoms with Gasteiger partial charge in [-0.3, -0.25) is 4.79 Å². The largest absolute Gasteiger partial charge is 0.385 e. The number of thiazole rings is 1. The molecule has 1 aliphatic heterocycles. The first-order chi connectivity index (χ1) is 17.2. The van der Waals surface area contributed by atoms with Crippen molar-refractivity contribution >= 4 is 48.9 Å². The van der Waals surface area contributed by atoms with E-state index < -0.39 is 21.3 Å². The van der Waals surface area contributed by atoms with Crippen LogP contribution in [0.15, 0.2) is 71.1 Å². The molecule has 36 heavy (non-hydrogen) atoms. The van der Waals surface area contributed by atoms with Gasteiger partial charge < -0.3 is 10.0 Å². The molecule has 3 aromatic carbocycles. The number of hydrogen-bond donors (Lipinski definition) is 1. The van der Waals surface area contributed by atoms with E-state index in [0.29, 0.717) is 47.6 Å². The molecule has 1 fully saturated rings. The van der Waals surface area contributed by atoms with Gasteiger partial charge >= 0.3 is 0 Å². The van der Waals surface area contributed by atoms with Crippen LogP contribution in [-0.4, -0.2) is 42.4 Å². The second-order valence-electron chi connectivity index (χ2n) is 8.84. The molecule has 10 heteroatoms. The molecule has 4 aromatic rings. The number of aliphatic hydroxyl groups is 1. The molecular weight excluding hydrogens is 523 g/mol. The van der Waals surface area contributed by atoms with Crippen molar-refractivity contribution in [2.75, 3.05) is 13.1 Å². The summed E-state index contributed by atoms with van der Waals surface area (Å²) in [4.78, 5) is 18.7. The molecule has 6 nitrogen and oxygen atoms in total. The van der Waals surface area contributed by atoms with Crippen LogP contribution in [0.25, 0.3) is 10.2 Å². The van der Waals surface area contributed by atoms with E-state index in [2.05, 4.69) is 4.98 Å². The molecule has 1 amide bonds. The number of aromatic nitrogens is 1. The van der Waals surface area contributed by atoms with Gasteiger partial charge in [0, 0.05) is 29.2 Å². The molecule has 2 heterocycles. The van der Waals surface area contributed by atoms with Crippen LogP contribution in [0.2, 0.25) is 5.02 Å². The van der Waals surface area contributed by atoms with E-state index in [1.165, 1.54) is 11.6 Å². The van der Waals surface area contributed by atoms with Crippen LogP contribution in [0, 0.1) is 5.82 Å². The summed E-state index contributed by atoms with van der Waals surface area (Å²) in [6.07, 6.45) is 0.725. The summed E-state index contributed by atoms with van der Waals surface area (Å²) in [6.45, 7) is 0.732. The summed E-state index contributed by atoms with van der Waals surface area (Å²) in [5.41, 5.74) is 2.07. The Labute approximate surface area is 216 Å². The molecule has 0 saturated carbocycles. The number of carbonyl (C=O) groups is 1. The van der Waals surface area contributed by atoms with Crippen LogP contribution >= 0.6 is 22.9 Å². The number of amides is 1. The third kappa shape index (κ3) is 4.64. The minimum atomic E-state index is -3.78. The molecule has 0 radical (unpaired) electrons. The van der Waals surface area contributed by atoms with Crippen molar-refractivity contribution < 1.29 is 22.7 Å². The van der Waals surface area contributed by atoms with E-state index in [1.54, 1.807) is 41.3 Å². The van der Waals surface area contributed by atoms with Gasteiger partial charge in [-0.25, -0.2) is 17.8 Å². The zero-order valence-corrected chi connectivity index (χ0v) is 21.4. The number of sulfone groups is 1. The van der Waals surface area contributed by atoms with Crippen LogP contribution < -0.4 is 0 Å². The predicted octanol–water partition coefficient (Wildman–Crippen LogP) is 5.19. The lowest BCUT2D eigenvalue weighted by Crippen LogP contribution is -2.45. The summed E-state index contributed by atoms with van der Waals surface area (Å²) in [7, 11) is -3.78. The molecule has 1 aliphatic rings. The first-order valence-electron chi connectivity index (χ1n) is 11.3. The third-order valence-electron chi connectivity index (χ3n) is 6.54. The molecule has 1 saturated heterocycles. The average molecular weight is 545 g/mol. The quantitative estimate of drug-likeness (QED) is 0.349. The van der Waals surface area contributed by atoms with Crippen LogP contribution in [0.4, 0.5) is 4.39 Å². The fourth-order valence-corrected chi connectivity index (χ4v) is 7.16. The SMILES string of the molecule is O=C(c1ccc(CS(=O)(=O)c2ccc(F)c3scnc23)cc1)N1CCC(O)(c2ccccc2Cl)CC1. The summed E-state index contributed by atoms with van der Waals surface area (Å²) < 4.78 is 40.2. The van der Waals surface area contributed by atoms with Crippen molar-refractivity contribution in [1.82, 2.24) is 9.88 Å². The Morgan fingerprint density at radius 2 is 1.78 bits per heavy atom. The van der Waals surface area contributed by atoms with Crippen molar-refractivity contribution in [1.29, 1.82) is 0 Å². The Morgan fingerprint density at radius 3 is 2.47 bits per heavy atom. The Balaban J connectivity index is 1.27. The zero-order valence-electron chi connectivity index (χ0n) is 19.0. The molecule has 0 atom stereocenters. The molecule has 1 N–H and O–H groups in total. The van der Waals surface area contributed by atoms with E-state index in [4.69, 9.17) is 11.6 Å². The summed E-state index contributed by atoms with van der Waals surface area (Å²) in [5, 5.41) is 11.6. The Morgan fingerprint density at radius 1 is 1.08 bits per heavy atom. The number of halogens is 2. The van der Waals surface area contributed by atoms with Crippen molar-refractivity contribution in [3.63, 3.8) is 0 Å². The van der Waals surface area contributed by atoms with Gasteiger partial charge in [0.1, 0.15) is 11.3 Å².